The first-order valence-electron chi connectivity index (χ1n) is 25.2. The lowest BCUT2D eigenvalue weighted by molar-refractivity contribution is 0.623. The molecule has 0 radical (unpaired) electrons. The Morgan fingerprint density at radius 1 is 0.240 bits per heavy atom. The van der Waals surface area contributed by atoms with E-state index in [2.05, 4.69) is 212 Å². The second-order valence-electron chi connectivity index (χ2n) is 19.3. The molecule has 5 heterocycles. The van der Waals surface area contributed by atoms with Crippen molar-refractivity contribution in [3.05, 3.63) is 249 Å². The molecule has 6 nitrogen and oxygen atoms in total. The molecule has 0 bridgehead atoms. The number of fused-ring (bicyclic) bond motifs is 10. The van der Waals surface area contributed by atoms with Crippen molar-refractivity contribution in [1.29, 1.82) is 0 Å². The zero-order valence-electron chi connectivity index (χ0n) is 40.3. The van der Waals surface area contributed by atoms with Gasteiger partial charge in [0.05, 0.1) is 28.3 Å². The van der Waals surface area contributed by atoms with Crippen LogP contribution in [0.15, 0.2) is 253 Å². The third-order valence-corrected chi connectivity index (χ3v) is 14.6. The average molecular weight is 956 g/mol. The van der Waals surface area contributed by atoms with Gasteiger partial charge in [-0.05, 0) is 156 Å². The number of oxazole rings is 1. The summed E-state index contributed by atoms with van der Waals surface area (Å²) in [5, 5.41) is 11.1. The second kappa shape index (κ2) is 17.3. The molecule has 0 unspecified atom stereocenters. The maximum atomic E-state index is 6.97. The quantitative estimate of drug-likeness (QED) is 0.148. The number of hydrogen-bond acceptors (Lipinski definition) is 6. The summed E-state index contributed by atoms with van der Waals surface area (Å²) in [6, 6.07) is 83.8. The van der Waals surface area contributed by atoms with Gasteiger partial charge in [0, 0.05) is 51.0 Å². The maximum Gasteiger partial charge on any atom is 0.227 e. The molecule has 0 aliphatic rings. The van der Waals surface area contributed by atoms with E-state index in [1.807, 2.05) is 24.3 Å². The largest absolute Gasteiger partial charge is 0.435 e. The van der Waals surface area contributed by atoms with Gasteiger partial charge in [0.25, 0.3) is 0 Å². The Morgan fingerprint density at radius 3 is 1.08 bits per heavy atom. The van der Waals surface area contributed by atoms with Crippen LogP contribution in [0.3, 0.4) is 0 Å². The van der Waals surface area contributed by atoms with Crippen molar-refractivity contribution in [2.75, 3.05) is 0 Å². The van der Waals surface area contributed by atoms with Crippen LogP contribution in [0.4, 0.5) is 0 Å². The lowest BCUT2D eigenvalue weighted by Gasteiger charge is -2.15. The lowest BCUT2D eigenvalue weighted by atomic mass is 9.94. The van der Waals surface area contributed by atoms with E-state index in [-0.39, 0.29) is 0 Å². The molecule has 348 valence electrons. The molecule has 15 aromatic rings. The predicted molar refractivity (Wildman–Crippen MR) is 308 cm³/mol. The standard InChI is InChI=1S/C69H41N5O/c1-5-15-46-31-50(25-21-42(46)11-1)54-38-61(52-27-23-44-13-3-7-17-48(44)33-52)72-63(40-54)56-35-57(37-58(36-56)69-74-67-59-19-9-29-70-65(59)66-60(68(67)75-69)20-10-30-71-66)64-41-55(51-26-22-43-12-2-6-16-47(43)32-51)39-62(73-64)53-28-24-45-14-4-8-18-49(45)34-53/h1-41H. The maximum absolute atomic E-state index is 6.97. The number of aromatic nitrogens is 5. The summed E-state index contributed by atoms with van der Waals surface area (Å²) in [7, 11) is 0. The van der Waals surface area contributed by atoms with E-state index < -0.39 is 0 Å². The molecule has 6 heteroatoms. The molecule has 15 rings (SSSR count). The summed E-state index contributed by atoms with van der Waals surface area (Å²) in [6.45, 7) is 0. The average Bonchev–Trinajstić information content (AvgIpc) is 3.98. The number of benzene rings is 10. The fourth-order valence-electron chi connectivity index (χ4n) is 10.8. The Hall–Kier alpha value is -10.2. The summed E-state index contributed by atoms with van der Waals surface area (Å²) in [5.74, 6) is 0.468. The van der Waals surface area contributed by atoms with E-state index in [0.717, 1.165) is 111 Å². The molecular formula is C69H41N5O. The highest BCUT2D eigenvalue weighted by Gasteiger charge is 2.21. The van der Waals surface area contributed by atoms with Crippen LogP contribution in [0.1, 0.15) is 0 Å². The summed E-state index contributed by atoms with van der Waals surface area (Å²) in [4.78, 5) is 26.0. The Bertz CT molecular complexity index is 4310. The lowest BCUT2D eigenvalue weighted by Crippen LogP contribution is -1.95. The molecule has 0 fully saturated rings. The highest BCUT2D eigenvalue weighted by Crippen LogP contribution is 2.41. The first kappa shape index (κ1) is 42.5. The molecular weight excluding hydrogens is 915 g/mol. The highest BCUT2D eigenvalue weighted by atomic mass is 16.3. The van der Waals surface area contributed by atoms with Crippen molar-refractivity contribution in [2.45, 2.75) is 0 Å². The summed E-state index contributed by atoms with van der Waals surface area (Å²) >= 11 is 0. The summed E-state index contributed by atoms with van der Waals surface area (Å²) in [6.07, 6.45) is 3.60. The van der Waals surface area contributed by atoms with Crippen molar-refractivity contribution in [3.63, 3.8) is 0 Å². The Kier molecular flexibility index (Phi) is 9.78. The van der Waals surface area contributed by atoms with E-state index in [1.165, 1.54) is 32.3 Å². The first-order valence-corrected chi connectivity index (χ1v) is 25.2. The molecule has 0 saturated carbocycles. The topological polar surface area (TPSA) is 77.6 Å². The van der Waals surface area contributed by atoms with Crippen LogP contribution >= 0.6 is 0 Å². The third-order valence-electron chi connectivity index (χ3n) is 14.6. The minimum absolute atomic E-state index is 0.468. The molecule has 0 amide bonds. The molecule has 0 saturated heterocycles. The van der Waals surface area contributed by atoms with Gasteiger partial charge in [-0.25, -0.2) is 15.0 Å². The Labute approximate surface area is 430 Å². The van der Waals surface area contributed by atoms with Gasteiger partial charge in [-0.15, -0.1) is 0 Å². The third kappa shape index (κ3) is 7.55. The van der Waals surface area contributed by atoms with E-state index in [0.29, 0.717) is 11.5 Å². The smallest absolute Gasteiger partial charge is 0.227 e. The first-order chi connectivity index (χ1) is 37.1. The molecule has 0 atom stereocenters. The molecule has 0 aliphatic heterocycles. The Morgan fingerprint density at radius 2 is 0.613 bits per heavy atom. The minimum Gasteiger partial charge on any atom is -0.435 e. The van der Waals surface area contributed by atoms with Crippen molar-refractivity contribution in [1.82, 2.24) is 24.9 Å². The normalized spacial score (nSPS) is 11.7. The van der Waals surface area contributed by atoms with E-state index >= 15 is 0 Å². The predicted octanol–water partition coefficient (Wildman–Crippen LogP) is 18.0. The van der Waals surface area contributed by atoms with Gasteiger partial charge in [0.15, 0.2) is 5.58 Å². The van der Waals surface area contributed by atoms with Gasteiger partial charge in [-0.3, -0.25) is 9.97 Å². The number of pyridine rings is 4. The van der Waals surface area contributed by atoms with Gasteiger partial charge in [0.1, 0.15) is 11.0 Å². The van der Waals surface area contributed by atoms with Gasteiger partial charge < -0.3 is 4.42 Å². The molecule has 5 aromatic heterocycles. The number of rotatable bonds is 7. The molecule has 0 N–H and O–H groups in total. The molecule has 10 aromatic carbocycles. The number of hydrogen-bond donors (Lipinski definition) is 0. The van der Waals surface area contributed by atoms with Gasteiger partial charge in [-0.2, -0.15) is 0 Å². The zero-order chi connectivity index (χ0) is 49.4. The van der Waals surface area contributed by atoms with E-state index in [4.69, 9.17) is 29.3 Å². The van der Waals surface area contributed by atoms with Crippen molar-refractivity contribution in [3.8, 4) is 78.7 Å². The van der Waals surface area contributed by atoms with Crippen LogP contribution in [0.5, 0.6) is 0 Å². The monoisotopic (exact) mass is 955 g/mol. The SMILES string of the molecule is c1ccc2cc(-c3cc(-c4cc(-c5cc(-c6ccc7ccccc7c6)cc(-c6ccc7ccccc7c6)n5)cc(-c5nc6c7cccnc7c7ncccc7c6o5)c4)nc(-c4ccc5ccccc5c4)c3)ccc2c1. The highest BCUT2D eigenvalue weighted by molar-refractivity contribution is 6.20. The number of nitrogens with zero attached hydrogens (tertiary/aromatic N) is 5. The van der Waals surface area contributed by atoms with Crippen LogP contribution in [-0.4, -0.2) is 24.9 Å². The molecule has 0 spiro atoms. The van der Waals surface area contributed by atoms with Crippen molar-refractivity contribution >= 4 is 76.0 Å². The van der Waals surface area contributed by atoms with Gasteiger partial charge in [0.2, 0.25) is 5.89 Å². The second-order valence-corrected chi connectivity index (χ2v) is 19.3. The fraction of sp³-hybridized carbons (Fsp3) is 0. The van der Waals surface area contributed by atoms with E-state index in [9.17, 15) is 0 Å². The van der Waals surface area contributed by atoms with Crippen molar-refractivity contribution in [2.24, 2.45) is 0 Å². The van der Waals surface area contributed by atoms with Crippen LogP contribution < -0.4 is 0 Å². The Balaban J connectivity index is 0.995. The van der Waals surface area contributed by atoms with Crippen molar-refractivity contribution < 1.29 is 4.42 Å². The molecule has 75 heavy (non-hydrogen) atoms. The van der Waals surface area contributed by atoms with E-state index in [1.54, 1.807) is 12.4 Å². The fourth-order valence-corrected chi connectivity index (χ4v) is 10.8. The minimum atomic E-state index is 0.468. The van der Waals surface area contributed by atoms with Gasteiger partial charge in [-0.1, -0.05) is 146 Å². The summed E-state index contributed by atoms with van der Waals surface area (Å²) in [5.41, 5.74) is 15.2. The van der Waals surface area contributed by atoms with Crippen LogP contribution in [0.25, 0.3) is 155 Å². The van der Waals surface area contributed by atoms with Crippen LogP contribution in [-0.2, 0) is 0 Å². The van der Waals surface area contributed by atoms with Crippen LogP contribution in [0, 0.1) is 0 Å². The van der Waals surface area contributed by atoms with Gasteiger partial charge >= 0.3 is 0 Å². The summed E-state index contributed by atoms with van der Waals surface area (Å²) < 4.78 is 6.97. The molecule has 0 aliphatic carbocycles. The zero-order valence-corrected chi connectivity index (χ0v) is 40.3. The van der Waals surface area contributed by atoms with Crippen LogP contribution in [0.2, 0.25) is 0 Å².